The van der Waals surface area contributed by atoms with Crippen LogP contribution in [-0.2, 0) is 0 Å². The van der Waals surface area contributed by atoms with E-state index >= 15 is 0 Å². The lowest BCUT2D eigenvalue weighted by Crippen LogP contribution is -2.41. The third kappa shape index (κ3) is 2.93. The molecule has 0 radical (unpaired) electrons. The molecule has 1 fully saturated rings. The van der Waals surface area contributed by atoms with Gasteiger partial charge in [0.1, 0.15) is 11.6 Å². The van der Waals surface area contributed by atoms with Crippen molar-refractivity contribution < 1.29 is 4.92 Å². The summed E-state index contributed by atoms with van der Waals surface area (Å²) in [6, 6.07) is 3.17. The van der Waals surface area contributed by atoms with E-state index in [0.717, 1.165) is 13.0 Å². The van der Waals surface area contributed by atoms with Crippen molar-refractivity contribution in [3.8, 4) is 0 Å². The highest BCUT2D eigenvalue weighted by Gasteiger charge is 2.25. The van der Waals surface area contributed by atoms with E-state index in [1.165, 1.54) is 18.6 Å². The molecule has 7 heteroatoms. The van der Waals surface area contributed by atoms with Gasteiger partial charge in [-0.25, -0.2) is 10.8 Å². The lowest BCUT2D eigenvalue weighted by atomic mass is 9.95. The van der Waals surface area contributed by atoms with E-state index in [2.05, 4.69) is 29.2 Å². The van der Waals surface area contributed by atoms with Gasteiger partial charge in [0.05, 0.1) is 17.1 Å². The Morgan fingerprint density at radius 2 is 2.21 bits per heavy atom. The molecule has 0 bridgehead atoms. The number of aromatic nitrogens is 1. The molecule has 1 aliphatic rings. The molecule has 0 aromatic carbocycles. The molecule has 7 nitrogen and oxygen atoms in total. The van der Waals surface area contributed by atoms with Gasteiger partial charge in [-0.05, 0) is 25.7 Å². The number of pyridine rings is 1. The molecular formula is C12H19N5O2. The second-order valence-corrected chi connectivity index (χ2v) is 5.15. The van der Waals surface area contributed by atoms with Gasteiger partial charge in [-0.1, -0.05) is 6.92 Å². The van der Waals surface area contributed by atoms with Gasteiger partial charge < -0.3 is 10.3 Å². The summed E-state index contributed by atoms with van der Waals surface area (Å²) in [6.07, 6.45) is 2.24. The molecule has 19 heavy (non-hydrogen) atoms. The number of nitro groups is 1. The number of hydrogen-bond donors (Lipinski definition) is 2. The molecule has 2 rings (SSSR count). The minimum absolute atomic E-state index is 0.00313. The van der Waals surface area contributed by atoms with Crippen LogP contribution in [0.5, 0.6) is 0 Å². The van der Waals surface area contributed by atoms with Gasteiger partial charge in [0.2, 0.25) is 0 Å². The Morgan fingerprint density at radius 3 is 2.84 bits per heavy atom. The number of anilines is 2. The largest absolute Gasteiger partial charge is 0.353 e. The normalized spacial score (nSPS) is 23.2. The maximum atomic E-state index is 10.9. The second kappa shape index (κ2) is 5.40. The third-order valence-corrected chi connectivity index (χ3v) is 3.57. The maximum Gasteiger partial charge on any atom is 0.276 e. The van der Waals surface area contributed by atoms with E-state index < -0.39 is 4.92 Å². The van der Waals surface area contributed by atoms with Gasteiger partial charge in [-0.2, -0.15) is 0 Å². The first-order valence-electron chi connectivity index (χ1n) is 6.41. The third-order valence-electron chi connectivity index (χ3n) is 3.57. The number of hydrazine groups is 1. The quantitative estimate of drug-likeness (QED) is 0.492. The lowest BCUT2D eigenvalue weighted by Gasteiger charge is -2.37. The first-order chi connectivity index (χ1) is 9.01. The highest BCUT2D eigenvalue weighted by atomic mass is 16.6. The lowest BCUT2D eigenvalue weighted by molar-refractivity contribution is -0.384. The second-order valence-electron chi connectivity index (χ2n) is 5.15. The predicted molar refractivity (Wildman–Crippen MR) is 73.9 cm³/mol. The molecule has 2 atom stereocenters. The fourth-order valence-electron chi connectivity index (χ4n) is 2.44. The zero-order chi connectivity index (χ0) is 14.0. The standard InChI is InChI=1S/C12H19N5O2/c1-8-3-4-9(2)16(7-8)12-6-10(17(18)19)5-11(14-12)15-13/h5-6,8-9H,3-4,7,13H2,1-2H3,(H,14,15). The van der Waals surface area contributed by atoms with Crippen molar-refractivity contribution in [3.05, 3.63) is 22.2 Å². The average molecular weight is 265 g/mol. The van der Waals surface area contributed by atoms with Crippen LogP contribution in [-0.4, -0.2) is 22.5 Å². The fraction of sp³-hybridized carbons (Fsp3) is 0.583. The molecule has 1 aliphatic heterocycles. The monoisotopic (exact) mass is 265 g/mol. The molecule has 104 valence electrons. The average Bonchev–Trinajstić information content (AvgIpc) is 2.40. The Morgan fingerprint density at radius 1 is 1.47 bits per heavy atom. The Balaban J connectivity index is 2.37. The maximum absolute atomic E-state index is 10.9. The summed E-state index contributed by atoms with van der Waals surface area (Å²) in [5.41, 5.74) is 2.39. The zero-order valence-corrected chi connectivity index (χ0v) is 11.2. The van der Waals surface area contributed by atoms with E-state index in [9.17, 15) is 10.1 Å². The van der Waals surface area contributed by atoms with Crippen LogP contribution in [0.25, 0.3) is 0 Å². The van der Waals surface area contributed by atoms with Crippen LogP contribution in [0, 0.1) is 16.0 Å². The molecule has 0 amide bonds. The van der Waals surface area contributed by atoms with Crippen LogP contribution >= 0.6 is 0 Å². The summed E-state index contributed by atoms with van der Waals surface area (Å²) >= 11 is 0. The Kier molecular flexibility index (Phi) is 3.84. The molecular weight excluding hydrogens is 246 g/mol. The molecule has 0 spiro atoms. The van der Waals surface area contributed by atoms with Gasteiger partial charge in [-0.3, -0.25) is 10.1 Å². The zero-order valence-electron chi connectivity index (χ0n) is 11.2. The van der Waals surface area contributed by atoms with Crippen LogP contribution in [0.15, 0.2) is 12.1 Å². The van der Waals surface area contributed by atoms with Crippen molar-refractivity contribution in [1.29, 1.82) is 0 Å². The van der Waals surface area contributed by atoms with E-state index in [0.29, 0.717) is 23.6 Å². The summed E-state index contributed by atoms with van der Waals surface area (Å²) in [5.74, 6) is 6.81. The van der Waals surface area contributed by atoms with Crippen LogP contribution in [0.1, 0.15) is 26.7 Å². The highest BCUT2D eigenvalue weighted by Crippen LogP contribution is 2.29. The van der Waals surface area contributed by atoms with E-state index in [-0.39, 0.29) is 5.69 Å². The highest BCUT2D eigenvalue weighted by molar-refractivity contribution is 5.56. The van der Waals surface area contributed by atoms with Crippen LogP contribution in [0.4, 0.5) is 17.3 Å². The van der Waals surface area contributed by atoms with Gasteiger partial charge >= 0.3 is 0 Å². The molecule has 1 aromatic heterocycles. The first-order valence-corrected chi connectivity index (χ1v) is 6.41. The van der Waals surface area contributed by atoms with E-state index in [4.69, 9.17) is 5.84 Å². The summed E-state index contributed by atoms with van der Waals surface area (Å²) in [4.78, 5) is 17.0. The topological polar surface area (TPSA) is 97.3 Å². The summed E-state index contributed by atoms with van der Waals surface area (Å²) in [7, 11) is 0. The van der Waals surface area contributed by atoms with E-state index in [1.54, 1.807) is 0 Å². The molecule has 2 heterocycles. The van der Waals surface area contributed by atoms with E-state index in [1.807, 2.05) is 0 Å². The van der Waals surface area contributed by atoms with Crippen molar-refractivity contribution in [2.75, 3.05) is 16.9 Å². The number of rotatable bonds is 3. The van der Waals surface area contributed by atoms with Crippen molar-refractivity contribution in [2.24, 2.45) is 11.8 Å². The molecule has 0 aliphatic carbocycles. The predicted octanol–water partition coefficient (Wildman–Crippen LogP) is 1.90. The summed E-state index contributed by atoms with van der Waals surface area (Å²) in [6.45, 7) is 5.15. The van der Waals surface area contributed by atoms with Gasteiger partial charge in [-0.15, -0.1) is 0 Å². The number of hydrogen-bond acceptors (Lipinski definition) is 6. The minimum atomic E-state index is -0.427. The van der Waals surface area contributed by atoms with Crippen molar-refractivity contribution in [1.82, 2.24) is 4.98 Å². The van der Waals surface area contributed by atoms with Gasteiger partial charge in [0, 0.05) is 12.6 Å². The number of nitrogens with one attached hydrogen (secondary N) is 1. The van der Waals surface area contributed by atoms with Crippen LogP contribution in [0.3, 0.4) is 0 Å². The van der Waals surface area contributed by atoms with Crippen molar-refractivity contribution in [3.63, 3.8) is 0 Å². The SMILES string of the molecule is CC1CCC(C)N(c2cc([N+](=O)[O-])cc(NN)n2)C1. The van der Waals surface area contributed by atoms with Crippen LogP contribution in [0.2, 0.25) is 0 Å². The molecule has 3 N–H and O–H groups in total. The number of nitrogens with zero attached hydrogens (tertiary/aromatic N) is 3. The Labute approximate surface area is 111 Å². The minimum Gasteiger partial charge on any atom is -0.353 e. The Bertz CT molecular complexity index is 479. The number of piperidine rings is 1. The number of nitrogen functional groups attached to an aromatic ring is 1. The number of nitrogens with two attached hydrogens (primary N) is 1. The first kappa shape index (κ1) is 13.5. The van der Waals surface area contributed by atoms with Gasteiger partial charge in [0.25, 0.3) is 5.69 Å². The molecule has 1 aromatic rings. The fourth-order valence-corrected chi connectivity index (χ4v) is 2.44. The van der Waals surface area contributed by atoms with Gasteiger partial charge in [0.15, 0.2) is 0 Å². The molecule has 1 saturated heterocycles. The Hall–Kier alpha value is -1.89. The molecule has 0 saturated carbocycles. The van der Waals surface area contributed by atoms with Crippen molar-refractivity contribution in [2.45, 2.75) is 32.7 Å². The summed E-state index contributed by atoms with van der Waals surface area (Å²) < 4.78 is 0. The molecule has 2 unspecified atom stereocenters. The summed E-state index contributed by atoms with van der Waals surface area (Å²) in [5, 5.41) is 10.9. The van der Waals surface area contributed by atoms with Crippen LogP contribution < -0.4 is 16.2 Å². The van der Waals surface area contributed by atoms with Crippen molar-refractivity contribution >= 4 is 17.3 Å². The smallest absolute Gasteiger partial charge is 0.276 e.